The topological polar surface area (TPSA) is 111 Å². The summed E-state index contributed by atoms with van der Waals surface area (Å²) >= 11 is 3.45. The summed E-state index contributed by atoms with van der Waals surface area (Å²) in [6.07, 6.45) is 0. The van der Waals surface area contributed by atoms with Crippen LogP contribution in [0.2, 0.25) is 0 Å². The molecule has 5 aromatic rings. The van der Waals surface area contributed by atoms with Crippen molar-refractivity contribution in [2.24, 2.45) is 0 Å². The van der Waals surface area contributed by atoms with Gasteiger partial charge in [0, 0.05) is 20.2 Å². The van der Waals surface area contributed by atoms with Crippen molar-refractivity contribution < 1.29 is 28.7 Å². The summed E-state index contributed by atoms with van der Waals surface area (Å²) in [5.74, 6) is -2.03. The van der Waals surface area contributed by atoms with Crippen LogP contribution in [-0.2, 0) is 9.47 Å². The standard InChI is InChI=1S/C26H18N2O6S3/c1-33-25(31)21-19(13-7-3-5-9-15(13)36-21)27-23(29)17-11-12-18(35-17)24(30)28-20-14-8-4-6-10-16(14)37-22(20)26(32)34-2/h3-12H,1-2H3,(H,27,29)(H,28,30). The Bertz CT molecular complexity index is 1570. The molecule has 0 aliphatic heterocycles. The SMILES string of the molecule is COC(=O)c1sc2ccccc2c1NC(=O)c1ccc(C(=O)Nc2c(C(=O)OC)sc3ccccc23)s1. The summed E-state index contributed by atoms with van der Waals surface area (Å²) in [7, 11) is 2.57. The second-order valence-electron chi connectivity index (χ2n) is 7.66. The lowest BCUT2D eigenvalue weighted by Gasteiger charge is -2.06. The number of thiophene rings is 3. The number of anilines is 2. The van der Waals surface area contributed by atoms with E-state index >= 15 is 0 Å². The molecule has 3 heterocycles. The molecule has 5 rings (SSSR count). The second kappa shape index (κ2) is 10.1. The first-order valence-electron chi connectivity index (χ1n) is 10.8. The van der Waals surface area contributed by atoms with Gasteiger partial charge < -0.3 is 20.1 Å². The molecular formula is C26H18N2O6S3. The van der Waals surface area contributed by atoms with Crippen molar-refractivity contribution in [1.29, 1.82) is 0 Å². The fraction of sp³-hybridized carbons (Fsp3) is 0.0769. The lowest BCUT2D eigenvalue weighted by Crippen LogP contribution is -2.14. The zero-order chi connectivity index (χ0) is 26.1. The van der Waals surface area contributed by atoms with Crippen molar-refractivity contribution >= 4 is 89.3 Å². The van der Waals surface area contributed by atoms with E-state index in [0.717, 1.165) is 31.5 Å². The molecular weight excluding hydrogens is 532 g/mol. The van der Waals surface area contributed by atoms with E-state index in [1.54, 1.807) is 0 Å². The largest absolute Gasteiger partial charge is 0.465 e. The lowest BCUT2D eigenvalue weighted by molar-refractivity contribution is 0.0598. The molecule has 2 aromatic carbocycles. The molecule has 0 saturated heterocycles. The van der Waals surface area contributed by atoms with Crippen LogP contribution in [0.15, 0.2) is 60.7 Å². The van der Waals surface area contributed by atoms with Crippen molar-refractivity contribution in [2.75, 3.05) is 24.9 Å². The highest BCUT2D eigenvalue weighted by molar-refractivity contribution is 7.22. The Morgan fingerprint density at radius 3 is 1.41 bits per heavy atom. The Balaban J connectivity index is 1.41. The summed E-state index contributed by atoms with van der Waals surface area (Å²) in [5.41, 5.74) is 0.730. The van der Waals surface area contributed by atoms with Gasteiger partial charge in [0.05, 0.1) is 35.3 Å². The number of nitrogens with one attached hydrogen (secondary N) is 2. The minimum atomic E-state index is -0.549. The fourth-order valence-electron chi connectivity index (χ4n) is 3.74. The minimum absolute atomic E-state index is 0.277. The number of carbonyl (C=O) groups excluding carboxylic acids is 4. The highest BCUT2D eigenvalue weighted by Gasteiger charge is 2.24. The molecule has 0 fully saturated rings. The zero-order valence-electron chi connectivity index (χ0n) is 19.4. The predicted octanol–water partition coefficient (Wildman–Crippen LogP) is 6.26. The van der Waals surface area contributed by atoms with Gasteiger partial charge in [0.15, 0.2) is 0 Å². The van der Waals surface area contributed by atoms with Crippen LogP contribution in [0.5, 0.6) is 0 Å². The average molecular weight is 551 g/mol. The Labute approximate surface area is 222 Å². The van der Waals surface area contributed by atoms with Crippen LogP contribution in [0.4, 0.5) is 11.4 Å². The quantitative estimate of drug-likeness (QED) is 0.242. The summed E-state index contributed by atoms with van der Waals surface area (Å²) in [6, 6.07) is 17.7. The van der Waals surface area contributed by atoms with Crippen LogP contribution in [0.3, 0.4) is 0 Å². The van der Waals surface area contributed by atoms with E-state index < -0.39 is 23.8 Å². The first-order valence-corrected chi connectivity index (χ1v) is 13.3. The van der Waals surface area contributed by atoms with Crippen LogP contribution in [0, 0.1) is 0 Å². The molecule has 0 spiro atoms. The molecule has 0 bridgehead atoms. The number of benzene rings is 2. The van der Waals surface area contributed by atoms with Gasteiger partial charge in [0.2, 0.25) is 0 Å². The van der Waals surface area contributed by atoms with Gasteiger partial charge in [-0.1, -0.05) is 36.4 Å². The van der Waals surface area contributed by atoms with Gasteiger partial charge in [-0.25, -0.2) is 9.59 Å². The van der Waals surface area contributed by atoms with E-state index in [9.17, 15) is 19.2 Å². The van der Waals surface area contributed by atoms with E-state index in [2.05, 4.69) is 10.6 Å². The smallest absolute Gasteiger partial charge is 0.350 e. The molecule has 0 radical (unpaired) electrons. The molecule has 11 heteroatoms. The molecule has 0 aliphatic rings. The monoisotopic (exact) mass is 550 g/mol. The number of esters is 2. The third kappa shape index (κ3) is 4.59. The van der Waals surface area contributed by atoms with Crippen molar-refractivity contribution in [3.05, 3.63) is 80.2 Å². The number of hydrogen-bond acceptors (Lipinski definition) is 9. The fourth-order valence-corrected chi connectivity index (χ4v) is 6.69. The normalized spacial score (nSPS) is 10.9. The Hall–Kier alpha value is -4.06. The van der Waals surface area contributed by atoms with E-state index in [0.29, 0.717) is 11.4 Å². The van der Waals surface area contributed by atoms with Crippen LogP contribution in [-0.4, -0.2) is 38.0 Å². The zero-order valence-corrected chi connectivity index (χ0v) is 21.9. The van der Waals surface area contributed by atoms with Gasteiger partial charge in [0.25, 0.3) is 11.8 Å². The highest BCUT2D eigenvalue weighted by Crippen LogP contribution is 2.38. The number of methoxy groups -OCH3 is 2. The van der Waals surface area contributed by atoms with Gasteiger partial charge >= 0.3 is 11.9 Å². The number of hydrogen-bond donors (Lipinski definition) is 2. The first kappa shape index (κ1) is 24.6. The number of amides is 2. The summed E-state index contributed by atoms with van der Waals surface area (Å²) in [4.78, 5) is 51.9. The van der Waals surface area contributed by atoms with Crippen LogP contribution < -0.4 is 10.6 Å². The third-order valence-corrected chi connectivity index (χ3v) is 8.85. The molecule has 0 atom stereocenters. The molecule has 0 aliphatic carbocycles. The second-order valence-corrected chi connectivity index (χ2v) is 10.8. The number of carbonyl (C=O) groups is 4. The Morgan fingerprint density at radius 1 is 0.595 bits per heavy atom. The van der Waals surface area contributed by atoms with Gasteiger partial charge in [-0.05, 0) is 24.3 Å². The molecule has 8 nitrogen and oxygen atoms in total. The van der Waals surface area contributed by atoms with Crippen LogP contribution in [0.25, 0.3) is 20.2 Å². The van der Waals surface area contributed by atoms with Gasteiger partial charge in [-0.2, -0.15) is 0 Å². The Morgan fingerprint density at radius 2 is 1.00 bits per heavy atom. The van der Waals surface area contributed by atoms with Crippen molar-refractivity contribution in [3.8, 4) is 0 Å². The van der Waals surface area contributed by atoms with E-state index in [-0.39, 0.29) is 19.5 Å². The summed E-state index contributed by atoms with van der Waals surface area (Å²) < 4.78 is 11.4. The van der Waals surface area contributed by atoms with Crippen molar-refractivity contribution in [3.63, 3.8) is 0 Å². The van der Waals surface area contributed by atoms with Gasteiger partial charge in [-0.15, -0.1) is 34.0 Å². The first-order chi connectivity index (χ1) is 17.9. The molecule has 0 saturated carbocycles. The number of fused-ring (bicyclic) bond motifs is 2. The summed E-state index contributed by atoms with van der Waals surface area (Å²) in [5, 5.41) is 7.05. The van der Waals surface area contributed by atoms with Crippen molar-refractivity contribution in [2.45, 2.75) is 0 Å². The number of rotatable bonds is 6. The van der Waals surface area contributed by atoms with Crippen LogP contribution in [0.1, 0.15) is 38.7 Å². The average Bonchev–Trinajstić information content (AvgIpc) is 3.64. The minimum Gasteiger partial charge on any atom is -0.465 e. The molecule has 2 N–H and O–H groups in total. The van der Waals surface area contributed by atoms with Crippen molar-refractivity contribution in [1.82, 2.24) is 0 Å². The number of ether oxygens (including phenoxy) is 2. The lowest BCUT2D eigenvalue weighted by atomic mass is 10.2. The van der Waals surface area contributed by atoms with E-state index in [1.807, 2.05) is 48.5 Å². The van der Waals surface area contributed by atoms with Gasteiger partial charge in [0.1, 0.15) is 9.75 Å². The molecule has 186 valence electrons. The maximum atomic E-state index is 13.1. The summed E-state index contributed by atoms with van der Waals surface area (Å²) in [6.45, 7) is 0. The highest BCUT2D eigenvalue weighted by atomic mass is 32.1. The Kier molecular flexibility index (Phi) is 6.74. The molecule has 3 aromatic heterocycles. The molecule has 2 amide bonds. The molecule has 0 unspecified atom stereocenters. The molecule has 37 heavy (non-hydrogen) atoms. The van der Waals surface area contributed by atoms with Gasteiger partial charge in [-0.3, -0.25) is 9.59 Å². The maximum absolute atomic E-state index is 13.1. The maximum Gasteiger partial charge on any atom is 0.350 e. The predicted molar refractivity (Wildman–Crippen MR) is 147 cm³/mol. The van der Waals surface area contributed by atoms with E-state index in [4.69, 9.17) is 9.47 Å². The van der Waals surface area contributed by atoms with Crippen LogP contribution >= 0.6 is 34.0 Å². The van der Waals surface area contributed by atoms with E-state index in [1.165, 1.54) is 49.0 Å². The third-order valence-electron chi connectivity index (χ3n) is 5.46.